The predicted octanol–water partition coefficient (Wildman–Crippen LogP) is 2.16. The maximum absolute atomic E-state index is 4.56. The summed E-state index contributed by atoms with van der Waals surface area (Å²) in [4.78, 5) is 9.01. The van der Waals surface area contributed by atoms with Crippen molar-refractivity contribution in [2.75, 3.05) is 13.1 Å². The van der Waals surface area contributed by atoms with Gasteiger partial charge in [0.2, 0.25) is 0 Å². The molecule has 0 saturated carbocycles. The molecule has 4 nitrogen and oxygen atoms in total. The highest BCUT2D eigenvalue weighted by molar-refractivity contribution is 5.85. The third-order valence-corrected chi connectivity index (χ3v) is 3.53. The standard InChI is InChI=1S/C13H18N4.ClH/c1-10-16-12-5-3-7-15-13(12)17(10)9-11-4-2-6-14-8-11;/h3,5,7,11,14H,2,4,6,8-9H2,1H3;1H. The van der Waals surface area contributed by atoms with Gasteiger partial charge in [0.15, 0.2) is 5.65 Å². The molecular formula is C13H19ClN4. The minimum Gasteiger partial charge on any atom is -0.316 e. The average Bonchev–Trinajstić information content (AvgIpc) is 2.68. The van der Waals surface area contributed by atoms with Crippen molar-refractivity contribution in [1.82, 2.24) is 19.9 Å². The summed E-state index contributed by atoms with van der Waals surface area (Å²) in [5.74, 6) is 1.78. The first-order valence-electron chi connectivity index (χ1n) is 6.33. The number of nitrogens with one attached hydrogen (secondary N) is 1. The van der Waals surface area contributed by atoms with Crippen molar-refractivity contribution in [1.29, 1.82) is 0 Å². The number of fused-ring (bicyclic) bond motifs is 1. The molecular weight excluding hydrogens is 248 g/mol. The molecule has 1 fully saturated rings. The number of aryl methyl sites for hydroxylation is 1. The van der Waals surface area contributed by atoms with Crippen LogP contribution in [0.1, 0.15) is 18.7 Å². The van der Waals surface area contributed by atoms with Gasteiger partial charge in [-0.1, -0.05) is 0 Å². The molecule has 0 aliphatic carbocycles. The Bertz CT molecular complexity index is 517. The third kappa shape index (κ3) is 2.49. The van der Waals surface area contributed by atoms with Crippen molar-refractivity contribution in [2.24, 2.45) is 5.92 Å². The fourth-order valence-electron chi connectivity index (χ4n) is 2.63. The monoisotopic (exact) mass is 266 g/mol. The van der Waals surface area contributed by atoms with Gasteiger partial charge in [0.05, 0.1) is 0 Å². The Labute approximate surface area is 113 Å². The molecule has 0 spiro atoms. The summed E-state index contributed by atoms with van der Waals surface area (Å²) in [5, 5.41) is 3.46. The number of piperidine rings is 1. The minimum atomic E-state index is 0. The highest BCUT2D eigenvalue weighted by Crippen LogP contribution is 2.18. The molecule has 0 aromatic carbocycles. The summed E-state index contributed by atoms with van der Waals surface area (Å²) in [7, 11) is 0. The Hall–Kier alpha value is -1.13. The van der Waals surface area contributed by atoms with E-state index in [2.05, 4.69) is 26.8 Å². The van der Waals surface area contributed by atoms with E-state index >= 15 is 0 Å². The predicted molar refractivity (Wildman–Crippen MR) is 75.1 cm³/mol. The Morgan fingerprint density at radius 3 is 3.17 bits per heavy atom. The van der Waals surface area contributed by atoms with E-state index < -0.39 is 0 Å². The summed E-state index contributed by atoms with van der Waals surface area (Å²) in [6.07, 6.45) is 4.43. The van der Waals surface area contributed by atoms with Crippen LogP contribution in [-0.2, 0) is 6.54 Å². The van der Waals surface area contributed by atoms with Crippen LogP contribution in [-0.4, -0.2) is 27.6 Å². The molecule has 1 unspecified atom stereocenters. The van der Waals surface area contributed by atoms with E-state index in [-0.39, 0.29) is 12.4 Å². The van der Waals surface area contributed by atoms with Gasteiger partial charge in [0.1, 0.15) is 11.3 Å². The average molecular weight is 267 g/mol. The lowest BCUT2D eigenvalue weighted by Crippen LogP contribution is -2.32. The number of halogens is 1. The lowest BCUT2D eigenvalue weighted by atomic mass is 10.00. The molecule has 3 heterocycles. The molecule has 1 aliphatic heterocycles. The van der Waals surface area contributed by atoms with Crippen molar-refractivity contribution >= 4 is 23.6 Å². The van der Waals surface area contributed by atoms with Crippen LogP contribution < -0.4 is 5.32 Å². The normalized spacial score (nSPS) is 19.7. The molecule has 98 valence electrons. The number of nitrogens with zero attached hydrogens (tertiary/aromatic N) is 3. The molecule has 1 saturated heterocycles. The van der Waals surface area contributed by atoms with Gasteiger partial charge in [-0.2, -0.15) is 0 Å². The van der Waals surface area contributed by atoms with Gasteiger partial charge in [-0.3, -0.25) is 0 Å². The second-order valence-corrected chi connectivity index (χ2v) is 4.83. The molecule has 1 aliphatic rings. The molecule has 0 amide bonds. The molecule has 0 radical (unpaired) electrons. The summed E-state index contributed by atoms with van der Waals surface area (Å²) in [6.45, 7) is 5.38. The summed E-state index contributed by atoms with van der Waals surface area (Å²) < 4.78 is 2.26. The lowest BCUT2D eigenvalue weighted by molar-refractivity contribution is 0.337. The zero-order valence-corrected chi connectivity index (χ0v) is 11.4. The van der Waals surface area contributed by atoms with Crippen LogP contribution in [0.4, 0.5) is 0 Å². The molecule has 3 rings (SSSR count). The van der Waals surface area contributed by atoms with E-state index in [1.165, 1.54) is 19.4 Å². The van der Waals surface area contributed by atoms with Crippen LogP contribution in [0.25, 0.3) is 11.2 Å². The number of imidazole rings is 1. The molecule has 1 N–H and O–H groups in total. The maximum Gasteiger partial charge on any atom is 0.159 e. The van der Waals surface area contributed by atoms with Gasteiger partial charge in [-0.05, 0) is 50.9 Å². The second-order valence-electron chi connectivity index (χ2n) is 4.83. The number of hydrogen-bond acceptors (Lipinski definition) is 3. The van der Waals surface area contributed by atoms with Crippen LogP contribution in [0.3, 0.4) is 0 Å². The van der Waals surface area contributed by atoms with Crippen LogP contribution in [0.5, 0.6) is 0 Å². The summed E-state index contributed by atoms with van der Waals surface area (Å²) >= 11 is 0. The second kappa shape index (κ2) is 5.67. The molecule has 18 heavy (non-hydrogen) atoms. The first-order chi connectivity index (χ1) is 8.34. The van der Waals surface area contributed by atoms with Crippen molar-refractivity contribution in [2.45, 2.75) is 26.3 Å². The van der Waals surface area contributed by atoms with Gasteiger partial charge < -0.3 is 9.88 Å². The number of rotatable bonds is 2. The SMILES string of the molecule is Cc1nc2cccnc2n1CC1CCCNC1.Cl. The fraction of sp³-hybridized carbons (Fsp3) is 0.538. The lowest BCUT2D eigenvalue weighted by Gasteiger charge is -2.23. The topological polar surface area (TPSA) is 42.7 Å². The molecule has 0 bridgehead atoms. The molecule has 1 atom stereocenters. The highest BCUT2D eigenvalue weighted by Gasteiger charge is 2.16. The summed E-state index contributed by atoms with van der Waals surface area (Å²) in [6, 6.07) is 3.98. The molecule has 2 aromatic heterocycles. The van der Waals surface area contributed by atoms with E-state index in [1.54, 1.807) is 0 Å². The van der Waals surface area contributed by atoms with Gasteiger partial charge >= 0.3 is 0 Å². The van der Waals surface area contributed by atoms with E-state index in [9.17, 15) is 0 Å². The highest BCUT2D eigenvalue weighted by atomic mass is 35.5. The molecule has 2 aromatic rings. The molecule has 5 heteroatoms. The van der Waals surface area contributed by atoms with E-state index in [1.807, 2.05) is 18.3 Å². The van der Waals surface area contributed by atoms with Gasteiger partial charge in [-0.15, -0.1) is 12.4 Å². The van der Waals surface area contributed by atoms with E-state index in [0.29, 0.717) is 5.92 Å². The van der Waals surface area contributed by atoms with E-state index in [0.717, 1.165) is 30.1 Å². The van der Waals surface area contributed by atoms with Crippen molar-refractivity contribution < 1.29 is 0 Å². The van der Waals surface area contributed by atoms with Crippen LogP contribution in [0.2, 0.25) is 0 Å². The largest absolute Gasteiger partial charge is 0.316 e. The number of hydrogen-bond donors (Lipinski definition) is 1. The fourth-order valence-corrected chi connectivity index (χ4v) is 2.63. The van der Waals surface area contributed by atoms with Gasteiger partial charge in [-0.25, -0.2) is 9.97 Å². The van der Waals surface area contributed by atoms with Crippen molar-refractivity contribution in [3.8, 4) is 0 Å². The Balaban J connectivity index is 0.00000120. The number of pyridine rings is 1. The first-order valence-corrected chi connectivity index (χ1v) is 6.33. The van der Waals surface area contributed by atoms with Crippen LogP contribution in [0.15, 0.2) is 18.3 Å². The zero-order valence-electron chi connectivity index (χ0n) is 10.6. The smallest absolute Gasteiger partial charge is 0.159 e. The zero-order chi connectivity index (χ0) is 11.7. The third-order valence-electron chi connectivity index (χ3n) is 3.53. The van der Waals surface area contributed by atoms with Crippen molar-refractivity contribution in [3.05, 3.63) is 24.2 Å². The Kier molecular flexibility index (Phi) is 4.19. The first kappa shape index (κ1) is 13.3. The quantitative estimate of drug-likeness (QED) is 0.906. The Morgan fingerprint density at radius 1 is 1.50 bits per heavy atom. The maximum atomic E-state index is 4.56. The van der Waals surface area contributed by atoms with Crippen molar-refractivity contribution in [3.63, 3.8) is 0 Å². The minimum absolute atomic E-state index is 0. The number of aromatic nitrogens is 3. The summed E-state index contributed by atoms with van der Waals surface area (Å²) in [5.41, 5.74) is 2.03. The van der Waals surface area contributed by atoms with Gasteiger partial charge in [0, 0.05) is 12.7 Å². The van der Waals surface area contributed by atoms with E-state index in [4.69, 9.17) is 0 Å². The Morgan fingerprint density at radius 2 is 2.39 bits per heavy atom. The van der Waals surface area contributed by atoms with Gasteiger partial charge in [0.25, 0.3) is 0 Å². The van der Waals surface area contributed by atoms with Crippen LogP contribution in [0, 0.1) is 12.8 Å². The van der Waals surface area contributed by atoms with Crippen LogP contribution >= 0.6 is 12.4 Å².